The van der Waals surface area contributed by atoms with Crippen LogP contribution < -0.4 is 21.9 Å². The van der Waals surface area contributed by atoms with Crippen molar-refractivity contribution < 1.29 is 4.79 Å². The summed E-state index contributed by atoms with van der Waals surface area (Å²) >= 11 is 1.55. The summed E-state index contributed by atoms with van der Waals surface area (Å²) in [4.78, 5) is 22.3. The molecule has 2 aromatic rings. The normalized spacial score (nSPS) is 12.2. The molecule has 108 valence electrons. The van der Waals surface area contributed by atoms with Gasteiger partial charge in [0, 0.05) is 11.4 Å². The Morgan fingerprint density at radius 2 is 2.25 bits per heavy atom. The minimum Gasteiger partial charge on any atom is -0.358 e. The van der Waals surface area contributed by atoms with E-state index in [0.29, 0.717) is 18.3 Å². The molecule has 1 unspecified atom stereocenters. The number of hydrogen-bond acceptors (Lipinski definition) is 7. The summed E-state index contributed by atoms with van der Waals surface area (Å²) in [5, 5.41) is 6.76. The zero-order chi connectivity index (χ0) is 14.7. The maximum Gasteiger partial charge on any atom is 0.242 e. The lowest BCUT2D eigenvalue weighted by Gasteiger charge is -2.15. The average molecular weight is 294 g/mol. The first-order valence-corrected chi connectivity index (χ1v) is 7.15. The van der Waals surface area contributed by atoms with Crippen molar-refractivity contribution in [3.8, 4) is 0 Å². The van der Waals surface area contributed by atoms with Crippen molar-refractivity contribution in [3.63, 3.8) is 0 Å². The number of carbonyl (C=O) groups excluding carboxylic acids is 1. The van der Waals surface area contributed by atoms with E-state index >= 15 is 0 Å². The molecule has 0 aromatic carbocycles. The number of aromatic nitrogens is 2. The zero-order valence-corrected chi connectivity index (χ0v) is 12.5. The Morgan fingerprint density at radius 3 is 2.90 bits per heavy atom. The molecule has 20 heavy (non-hydrogen) atoms. The summed E-state index contributed by atoms with van der Waals surface area (Å²) in [6.45, 7) is 6.26. The van der Waals surface area contributed by atoms with Gasteiger partial charge in [0.25, 0.3) is 0 Å². The molecule has 0 saturated heterocycles. The van der Waals surface area contributed by atoms with Crippen LogP contribution in [0.1, 0.15) is 18.7 Å². The summed E-state index contributed by atoms with van der Waals surface area (Å²) in [6, 6.07) is 1.60. The number of nitrogens with two attached hydrogens (primary N) is 1. The number of nitrogen functional groups attached to an aromatic ring is 1. The molecule has 2 heterocycles. The Labute approximate surface area is 121 Å². The van der Waals surface area contributed by atoms with E-state index in [4.69, 9.17) is 5.84 Å². The highest BCUT2D eigenvalue weighted by atomic mass is 32.1. The van der Waals surface area contributed by atoms with Gasteiger partial charge in [-0.15, -0.1) is 11.3 Å². The van der Waals surface area contributed by atoms with Crippen LogP contribution in [0.5, 0.6) is 0 Å². The average Bonchev–Trinajstić information content (AvgIpc) is 2.79. The monoisotopic (exact) mass is 294 g/mol. The van der Waals surface area contributed by atoms with Crippen LogP contribution in [-0.4, -0.2) is 28.5 Å². The number of hydrogen-bond donors (Lipinski definition) is 4. The topological polar surface area (TPSA) is 105 Å². The van der Waals surface area contributed by atoms with E-state index < -0.39 is 0 Å². The molecule has 8 heteroatoms. The van der Waals surface area contributed by atoms with Gasteiger partial charge in [0.2, 0.25) is 11.9 Å². The first-order valence-electron chi connectivity index (χ1n) is 6.34. The zero-order valence-electron chi connectivity index (χ0n) is 11.7. The second kappa shape index (κ2) is 6.02. The van der Waals surface area contributed by atoms with Gasteiger partial charge >= 0.3 is 0 Å². The fraction of sp³-hybridized carbons (Fsp3) is 0.417. The number of amides is 1. The Bertz CT molecular complexity index is 626. The fourth-order valence-corrected chi connectivity index (χ4v) is 2.69. The number of likely N-dealkylation sites (N-methyl/N-ethyl adjacent to an activating group) is 1. The summed E-state index contributed by atoms with van der Waals surface area (Å²) in [5.41, 5.74) is 2.44. The lowest BCUT2D eigenvalue weighted by atomic mass is 10.3. The lowest BCUT2D eigenvalue weighted by molar-refractivity contribution is -0.121. The Kier molecular flexibility index (Phi) is 4.35. The predicted octanol–water partition coefficient (Wildman–Crippen LogP) is 1.22. The van der Waals surface area contributed by atoms with Gasteiger partial charge in [0.15, 0.2) is 0 Å². The highest BCUT2D eigenvalue weighted by Gasteiger charge is 2.16. The second-order valence-corrected chi connectivity index (χ2v) is 5.61. The van der Waals surface area contributed by atoms with Gasteiger partial charge in [0.1, 0.15) is 16.7 Å². The van der Waals surface area contributed by atoms with E-state index in [1.807, 2.05) is 19.9 Å². The first-order chi connectivity index (χ1) is 9.55. The second-order valence-electron chi connectivity index (χ2n) is 4.38. The molecule has 1 atom stereocenters. The Hall–Kier alpha value is -1.93. The number of nitrogens with zero attached hydrogens (tertiary/aromatic N) is 2. The van der Waals surface area contributed by atoms with Crippen LogP contribution in [-0.2, 0) is 4.79 Å². The first kappa shape index (κ1) is 14.5. The van der Waals surface area contributed by atoms with E-state index in [9.17, 15) is 4.79 Å². The standard InChI is InChI=1S/C12H18N6OS/c1-4-14-10(19)7(3)15-9-8-5-6(2)20-11(8)17-12(16-9)18-13/h5,7H,4,13H2,1-3H3,(H,14,19)(H2,15,16,17,18). The molecule has 0 aliphatic carbocycles. The Balaban J connectivity index is 2.34. The SMILES string of the molecule is CCNC(=O)C(C)Nc1nc(NN)nc2sc(C)cc12. The van der Waals surface area contributed by atoms with E-state index in [1.165, 1.54) is 0 Å². The third kappa shape index (κ3) is 2.97. The molecule has 7 nitrogen and oxygen atoms in total. The smallest absolute Gasteiger partial charge is 0.242 e. The van der Waals surface area contributed by atoms with E-state index in [0.717, 1.165) is 15.1 Å². The minimum atomic E-state index is -0.390. The highest BCUT2D eigenvalue weighted by molar-refractivity contribution is 7.18. The number of thiophene rings is 1. The number of nitrogens with one attached hydrogen (secondary N) is 3. The van der Waals surface area contributed by atoms with Crippen molar-refractivity contribution in [1.82, 2.24) is 15.3 Å². The van der Waals surface area contributed by atoms with E-state index in [2.05, 4.69) is 26.0 Å². The molecule has 0 radical (unpaired) electrons. The number of carbonyl (C=O) groups is 1. The van der Waals surface area contributed by atoms with Crippen LogP contribution in [0.3, 0.4) is 0 Å². The minimum absolute atomic E-state index is 0.0755. The molecular weight excluding hydrogens is 276 g/mol. The van der Waals surface area contributed by atoms with Gasteiger partial charge in [0.05, 0.1) is 5.39 Å². The highest BCUT2D eigenvalue weighted by Crippen LogP contribution is 2.29. The maximum absolute atomic E-state index is 11.8. The molecule has 2 aromatic heterocycles. The molecule has 0 spiro atoms. The van der Waals surface area contributed by atoms with Crippen LogP contribution in [0.2, 0.25) is 0 Å². The number of aryl methyl sites for hydroxylation is 1. The van der Waals surface area contributed by atoms with E-state index in [1.54, 1.807) is 18.3 Å². The molecule has 5 N–H and O–H groups in total. The van der Waals surface area contributed by atoms with Gasteiger partial charge in [-0.25, -0.2) is 10.8 Å². The van der Waals surface area contributed by atoms with Crippen molar-refractivity contribution >= 4 is 39.2 Å². The van der Waals surface area contributed by atoms with Crippen LogP contribution in [0.25, 0.3) is 10.2 Å². The van der Waals surface area contributed by atoms with Gasteiger partial charge < -0.3 is 10.6 Å². The molecule has 0 aliphatic rings. The van der Waals surface area contributed by atoms with Gasteiger partial charge in [-0.3, -0.25) is 10.2 Å². The number of anilines is 2. The Morgan fingerprint density at radius 1 is 1.50 bits per heavy atom. The molecule has 0 saturated carbocycles. The molecule has 0 aliphatic heterocycles. The van der Waals surface area contributed by atoms with Crippen molar-refractivity contribution in [1.29, 1.82) is 0 Å². The number of hydrazine groups is 1. The predicted molar refractivity (Wildman–Crippen MR) is 81.7 cm³/mol. The van der Waals surface area contributed by atoms with Gasteiger partial charge in [-0.1, -0.05) is 0 Å². The summed E-state index contributed by atoms with van der Waals surface area (Å²) in [7, 11) is 0. The van der Waals surface area contributed by atoms with Crippen LogP contribution in [0, 0.1) is 6.92 Å². The fourth-order valence-electron chi connectivity index (χ4n) is 1.81. The summed E-state index contributed by atoms with van der Waals surface area (Å²) in [5.74, 6) is 6.23. The number of fused-ring (bicyclic) bond motifs is 1. The van der Waals surface area contributed by atoms with Crippen LogP contribution in [0.4, 0.5) is 11.8 Å². The number of rotatable bonds is 5. The van der Waals surface area contributed by atoms with Gasteiger partial charge in [-0.2, -0.15) is 4.98 Å². The van der Waals surface area contributed by atoms with Crippen molar-refractivity contribution in [2.24, 2.45) is 5.84 Å². The van der Waals surface area contributed by atoms with Gasteiger partial charge in [-0.05, 0) is 26.8 Å². The van der Waals surface area contributed by atoms with Crippen LogP contribution in [0.15, 0.2) is 6.07 Å². The third-order valence-electron chi connectivity index (χ3n) is 2.74. The molecular formula is C12H18N6OS. The van der Waals surface area contributed by atoms with Crippen molar-refractivity contribution in [2.75, 3.05) is 17.3 Å². The van der Waals surface area contributed by atoms with E-state index in [-0.39, 0.29) is 11.9 Å². The van der Waals surface area contributed by atoms with Crippen molar-refractivity contribution in [3.05, 3.63) is 10.9 Å². The lowest BCUT2D eigenvalue weighted by Crippen LogP contribution is -2.37. The maximum atomic E-state index is 11.8. The van der Waals surface area contributed by atoms with Crippen molar-refractivity contribution in [2.45, 2.75) is 26.8 Å². The molecule has 0 fully saturated rings. The molecule has 0 bridgehead atoms. The quantitative estimate of drug-likeness (QED) is 0.488. The third-order valence-corrected chi connectivity index (χ3v) is 3.69. The molecule has 1 amide bonds. The summed E-state index contributed by atoms with van der Waals surface area (Å²) < 4.78 is 0. The molecule has 2 rings (SSSR count). The summed E-state index contributed by atoms with van der Waals surface area (Å²) in [6.07, 6.45) is 0. The van der Waals surface area contributed by atoms with Crippen LogP contribution >= 0.6 is 11.3 Å². The largest absolute Gasteiger partial charge is 0.358 e.